The Morgan fingerprint density at radius 3 is 3.03 bits per heavy atom. The number of amides is 1. The number of carbonyl (C=O) groups excluding carboxylic acids is 1. The highest BCUT2D eigenvalue weighted by atomic mass is 19.1. The first-order valence-corrected chi connectivity index (χ1v) is 12.2. The van der Waals surface area contributed by atoms with E-state index in [1.54, 1.807) is 6.20 Å². The van der Waals surface area contributed by atoms with E-state index in [2.05, 4.69) is 36.9 Å². The molecular formula is C26H25FN7O2+. The van der Waals surface area contributed by atoms with Crippen LogP contribution in [-0.2, 0) is 11.3 Å². The standard InChI is InChI=1S/C26H24FN7O2/c27-15-5-6-34-20(13-30-24(34)9-15)17-2-3-19(25-18(17)11-31-26(25)35)32-23-4-1-16(10-29-23)33-7-8-36-22-14-28-12-21(22)33/h1-6,9-10,21-22,28H,7-8,11-14H2,(H,31,35)/p+1/t21-,22+/m0/s1. The molecule has 3 aromatic rings. The minimum Gasteiger partial charge on any atom is -0.373 e. The molecule has 10 heteroatoms. The highest BCUT2D eigenvalue weighted by Crippen LogP contribution is 2.32. The number of carbonyl (C=O) groups is 1. The highest BCUT2D eigenvalue weighted by molar-refractivity contribution is 6.04. The average Bonchev–Trinajstić information content (AvgIpc) is 3.63. The van der Waals surface area contributed by atoms with Gasteiger partial charge >= 0.3 is 5.49 Å². The maximum atomic E-state index is 13.6. The molecule has 2 saturated heterocycles. The molecule has 7 rings (SSSR count). The molecule has 1 aromatic carbocycles. The molecule has 9 nitrogen and oxygen atoms in total. The minimum atomic E-state index is -0.320. The second-order valence-corrected chi connectivity index (χ2v) is 9.39. The molecule has 2 fully saturated rings. The molecule has 0 unspecified atom stereocenters. The van der Waals surface area contributed by atoms with E-state index in [0.717, 1.165) is 42.2 Å². The van der Waals surface area contributed by atoms with E-state index in [0.29, 0.717) is 48.3 Å². The maximum Gasteiger partial charge on any atom is 0.325 e. The van der Waals surface area contributed by atoms with E-state index in [9.17, 15) is 9.18 Å². The first-order chi connectivity index (χ1) is 17.7. The molecule has 36 heavy (non-hydrogen) atoms. The van der Waals surface area contributed by atoms with Crippen molar-refractivity contribution in [2.24, 2.45) is 4.99 Å². The quantitative estimate of drug-likeness (QED) is 0.471. The fraction of sp³-hybridized carbons (Fsp3) is 0.308. The van der Waals surface area contributed by atoms with Crippen molar-refractivity contribution in [3.63, 3.8) is 0 Å². The summed E-state index contributed by atoms with van der Waals surface area (Å²) < 4.78 is 21.4. The highest BCUT2D eigenvalue weighted by Gasteiger charge is 2.36. The smallest absolute Gasteiger partial charge is 0.325 e. The molecule has 0 radical (unpaired) electrons. The van der Waals surface area contributed by atoms with E-state index in [1.165, 1.54) is 12.1 Å². The average molecular weight is 487 g/mol. The van der Waals surface area contributed by atoms with Crippen molar-refractivity contribution in [3.05, 3.63) is 82.5 Å². The molecule has 0 spiro atoms. The fourth-order valence-corrected chi connectivity index (χ4v) is 5.66. The topological polar surface area (TPSA) is 96.8 Å². The van der Waals surface area contributed by atoms with Crippen LogP contribution in [0.4, 0.5) is 21.6 Å². The van der Waals surface area contributed by atoms with Gasteiger partial charge in [0.25, 0.3) is 5.91 Å². The molecule has 2 atom stereocenters. The van der Waals surface area contributed by atoms with Gasteiger partial charge in [0.15, 0.2) is 12.3 Å². The third-order valence-corrected chi connectivity index (χ3v) is 7.39. The van der Waals surface area contributed by atoms with Crippen molar-refractivity contribution in [3.8, 4) is 0 Å². The maximum absolute atomic E-state index is 13.6. The number of ether oxygens (including phenoxy) is 1. The fourth-order valence-electron chi connectivity index (χ4n) is 5.66. The van der Waals surface area contributed by atoms with Crippen LogP contribution in [0.2, 0.25) is 0 Å². The summed E-state index contributed by atoms with van der Waals surface area (Å²) in [4.78, 5) is 24.3. The number of halogens is 1. The van der Waals surface area contributed by atoms with Crippen LogP contribution in [-0.4, -0.2) is 55.8 Å². The van der Waals surface area contributed by atoms with Gasteiger partial charge in [-0.05, 0) is 29.8 Å². The van der Waals surface area contributed by atoms with Crippen molar-refractivity contribution in [1.82, 2.24) is 15.6 Å². The van der Waals surface area contributed by atoms with E-state index in [-0.39, 0.29) is 17.8 Å². The van der Waals surface area contributed by atoms with E-state index < -0.39 is 0 Å². The Balaban J connectivity index is 1.20. The summed E-state index contributed by atoms with van der Waals surface area (Å²) in [5.41, 5.74) is 5.72. The lowest BCUT2D eigenvalue weighted by Gasteiger charge is -2.38. The monoisotopic (exact) mass is 486 g/mol. The lowest BCUT2D eigenvalue weighted by atomic mass is 9.97. The van der Waals surface area contributed by atoms with Gasteiger partial charge in [0, 0.05) is 37.8 Å². The molecule has 0 saturated carbocycles. The Morgan fingerprint density at radius 1 is 1.19 bits per heavy atom. The normalized spacial score (nSPS) is 22.1. The number of rotatable bonds is 4. The van der Waals surface area contributed by atoms with Crippen molar-refractivity contribution in [1.29, 1.82) is 0 Å². The number of nitrogens with zero attached hydrogens (tertiary/aromatic N) is 4. The van der Waals surface area contributed by atoms with Gasteiger partial charge in [0.1, 0.15) is 11.6 Å². The van der Waals surface area contributed by atoms with Crippen LogP contribution in [0.5, 0.6) is 0 Å². The lowest BCUT2D eigenvalue weighted by Crippen LogP contribution is -2.51. The van der Waals surface area contributed by atoms with E-state index >= 15 is 0 Å². The number of hydrogen-bond donors (Lipinski definition) is 3. The van der Waals surface area contributed by atoms with Gasteiger partial charge in [-0.15, -0.1) is 0 Å². The second kappa shape index (κ2) is 8.35. The summed E-state index contributed by atoms with van der Waals surface area (Å²) in [5, 5.41) is 9.69. The Bertz CT molecular complexity index is 1510. The molecule has 1 amide bonds. The molecule has 6 heterocycles. The summed E-state index contributed by atoms with van der Waals surface area (Å²) >= 11 is 0. The Hall–Kier alpha value is -3.89. The van der Waals surface area contributed by atoms with Gasteiger partial charge in [-0.2, -0.15) is 4.24 Å². The third-order valence-electron chi connectivity index (χ3n) is 7.39. The summed E-state index contributed by atoms with van der Waals surface area (Å²) in [6.07, 6.45) is 3.77. The third kappa shape index (κ3) is 3.44. The first-order valence-electron chi connectivity index (χ1n) is 12.2. The van der Waals surface area contributed by atoms with Gasteiger partial charge in [0.05, 0.1) is 54.2 Å². The predicted octanol–water partition coefficient (Wildman–Crippen LogP) is 0.734. The number of morpholine rings is 1. The summed E-state index contributed by atoms with van der Waals surface area (Å²) in [6.45, 7) is 4.19. The number of hydrogen-bond acceptors (Lipinski definition) is 7. The summed E-state index contributed by atoms with van der Waals surface area (Å²) in [6, 6.07) is 11.1. The molecule has 0 aliphatic carbocycles. The second-order valence-electron chi connectivity index (χ2n) is 9.39. The van der Waals surface area contributed by atoms with Crippen LogP contribution in [0.1, 0.15) is 21.5 Å². The largest absolute Gasteiger partial charge is 0.373 e. The number of aromatic nitrogens is 2. The molecule has 182 valence electrons. The van der Waals surface area contributed by atoms with Crippen LogP contribution >= 0.6 is 0 Å². The number of nitrogens with one attached hydrogen (secondary N) is 3. The van der Waals surface area contributed by atoms with Gasteiger partial charge in [-0.1, -0.05) is 4.99 Å². The first kappa shape index (κ1) is 21.4. The molecule has 0 bridgehead atoms. The van der Waals surface area contributed by atoms with Crippen molar-refractivity contribution in [2.45, 2.75) is 18.7 Å². The van der Waals surface area contributed by atoms with Crippen LogP contribution in [0.15, 0.2) is 53.8 Å². The Kier molecular flexibility index (Phi) is 4.96. The Labute approximate surface area is 206 Å². The van der Waals surface area contributed by atoms with Crippen LogP contribution < -0.4 is 30.6 Å². The summed E-state index contributed by atoms with van der Waals surface area (Å²) in [7, 11) is 0. The van der Waals surface area contributed by atoms with Crippen molar-refractivity contribution >= 4 is 23.1 Å². The van der Waals surface area contributed by atoms with Crippen molar-refractivity contribution in [2.75, 3.05) is 43.0 Å². The SMILES string of the molecule is O=C1NCc2c(C3=[n+]4ccc(F)cc4=NC3)ccc(Nc3ccc(N4CCO[C@@H]5CNC[C@@H]54)cn3)c21. The van der Waals surface area contributed by atoms with Gasteiger partial charge in [-0.25, -0.2) is 9.37 Å². The number of anilines is 3. The van der Waals surface area contributed by atoms with Crippen molar-refractivity contribution < 1.29 is 18.2 Å². The van der Waals surface area contributed by atoms with Crippen LogP contribution in [0.3, 0.4) is 0 Å². The van der Waals surface area contributed by atoms with Crippen LogP contribution in [0.25, 0.3) is 0 Å². The van der Waals surface area contributed by atoms with Gasteiger partial charge < -0.3 is 25.6 Å². The number of benzene rings is 1. The lowest BCUT2D eigenvalue weighted by molar-refractivity contribution is -0.532. The van der Waals surface area contributed by atoms with Gasteiger partial charge in [0.2, 0.25) is 0 Å². The Morgan fingerprint density at radius 2 is 2.14 bits per heavy atom. The number of pyridine rings is 2. The zero-order valence-electron chi connectivity index (χ0n) is 19.5. The molecule has 4 aliphatic heterocycles. The summed E-state index contributed by atoms with van der Waals surface area (Å²) in [5.74, 6) is 0.222. The van der Waals surface area contributed by atoms with E-state index in [4.69, 9.17) is 4.74 Å². The molecule has 2 aromatic heterocycles. The number of fused-ring (bicyclic) bond motifs is 3. The molecular weight excluding hydrogens is 461 g/mol. The molecule has 4 aliphatic rings. The van der Waals surface area contributed by atoms with E-state index in [1.807, 2.05) is 28.6 Å². The zero-order chi connectivity index (χ0) is 24.2. The van der Waals surface area contributed by atoms with Crippen LogP contribution in [0, 0.1) is 11.5 Å². The zero-order valence-corrected chi connectivity index (χ0v) is 19.5. The molecule has 3 N–H and O–H groups in total. The minimum absolute atomic E-state index is 0.126. The van der Waals surface area contributed by atoms with Gasteiger partial charge in [-0.3, -0.25) is 4.79 Å². The predicted molar refractivity (Wildman–Crippen MR) is 129 cm³/mol.